The van der Waals surface area contributed by atoms with E-state index in [0.29, 0.717) is 40.7 Å². The van der Waals surface area contributed by atoms with E-state index in [1.165, 1.54) is 18.3 Å². The summed E-state index contributed by atoms with van der Waals surface area (Å²) in [5.41, 5.74) is 7.12. The van der Waals surface area contributed by atoms with Crippen molar-refractivity contribution in [3.05, 3.63) is 63.6 Å². The predicted octanol–water partition coefficient (Wildman–Crippen LogP) is 4.42. The number of aromatic nitrogens is 1. The van der Waals surface area contributed by atoms with E-state index in [1.807, 2.05) is 0 Å². The van der Waals surface area contributed by atoms with Gasteiger partial charge in [0.25, 0.3) is 0 Å². The van der Waals surface area contributed by atoms with E-state index in [4.69, 9.17) is 10.5 Å². The van der Waals surface area contributed by atoms with Crippen LogP contribution in [0.5, 0.6) is 0 Å². The van der Waals surface area contributed by atoms with Crippen molar-refractivity contribution < 1.29 is 18.3 Å². The van der Waals surface area contributed by atoms with Gasteiger partial charge in [-0.2, -0.15) is 0 Å². The molecule has 3 heterocycles. The summed E-state index contributed by atoms with van der Waals surface area (Å²) in [6.45, 7) is 2.89. The van der Waals surface area contributed by atoms with Gasteiger partial charge >= 0.3 is 0 Å². The number of rotatable bonds is 4. The highest BCUT2D eigenvalue weighted by molar-refractivity contribution is 9.10. The summed E-state index contributed by atoms with van der Waals surface area (Å²) < 4.78 is 34.5. The van der Waals surface area contributed by atoms with E-state index in [9.17, 15) is 13.6 Å². The Bertz CT molecular complexity index is 1060. The van der Waals surface area contributed by atoms with Gasteiger partial charge in [0, 0.05) is 34.6 Å². The Balaban J connectivity index is 0.000000275. The number of nitrogens with zero attached hydrogens (tertiary/aromatic N) is 3. The van der Waals surface area contributed by atoms with Crippen LogP contribution in [-0.4, -0.2) is 53.0 Å². The van der Waals surface area contributed by atoms with E-state index < -0.39 is 5.83 Å². The van der Waals surface area contributed by atoms with Crippen LogP contribution in [0.2, 0.25) is 0 Å². The molecule has 174 valence electrons. The number of thioether (sulfide) groups is 1. The van der Waals surface area contributed by atoms with Gasteiger partial charge in [-0.1, -0.05) is 17.8 Å². The standard InChI is InChI=1S/C18H14BrF2N3S.C5H9NO2/c19-10-2-4-15(23-8-10)14(21)6-9-1-3-13(20)11(5-9)17-12-7-16(12)25-18(22)24-17;7-5-6-1-3-8-4-2-6/h1-6,8,12,16-17H,7H2,(H2,22,24);5H,1-4H2/b14-6-;. The van der Waals surface area contributed by atoms with Crippen LogP contribution in [-0.2, 0) is 9.53 Å². The van der Waals surface area contributed by atoms with Crippen molar-refractivity contribution >= 4 is 51.2 Å². The number of carbonyl (C=O) groups is 1. The first-order valence-corrected chi connectivity index (χ1v) is 12.2. The Hall–Kier alpha value is -2.30. The lowest BCUT2D eigenvalue weighted by Gasteiger charge is -2.21. The molecule has 2 N–H and O–H groups in total. The van der Waals surface area contributed by atoms with E-state index >= 15 is 0 Å². The summed E-state index contributed by atoms with van der Waals surface area (Å²) in [5.74, 6) is -0.501. The lowest BCUT2D eigenvalue weighted by atomic mass is 9.99. The molecular formula is C23H23BrF2N4O2S. The van der Waals surface area contributed by atoms with Crippen molar-refractivity contribution in [3.8, 4) is 0 Å². The number of morpholine rings is 1. The quantitative estimate of drug-likeness (QED) is 0.585. The van der Waals surface area contributed by atoms with Gasteiger partial charge in [0.2, 0.25) is 6.41 Å². The van der Waals surface area contributed by atoms with E-state index in [2.05, 4.69) is 25.9 Å². The van der Waals surface area contributed by atoms with Crippen LogP contribution < -0.4 is 5.73 Å². The van der Waals surface area contributed by atoms with Crippen LogP contribution in [0.3, 0.4) is 0 Å². The summed E-state index contributed by atoms with van der Waals surface area (Å²) in [7, 11) is 0. The monoisotopic (exact) mass is 536 g/mol. The first-order chi connectivity index (χ1) is 15.9. The number of amidine groups is 1. The summed E-state index contributed by atoms with van der Waals surface area (Å²) in [4.78, 5) is 20.2. The number of ether oxygens (including phenoxy) is 1. The number of carbonyl (C=O) groups excluding carboxylic acids is 1. The largest absolute Gasteiger partial charge is 0.379 e. The maximum atomic E-state index is 14.4. The zero-order valence-electron chi connectivity index (χ0n) is 17.7. The zero-order valence-corrected chi connectivity index (χ0v) is 20.1. The van der Waals surface area contributed by atoms with Gasteiger partial charge in [0.15, 0.2) is 5.17 Å². The molecule has 6 nitrogen and oxygen atoms in total. The van der Waals surface area contributed by atoms with Crippen molar-refractivity contribution in [2.24, 2.45) is 16.6 Å². The van der Waals surface area contributed by atoms with Crippen LogP contribution in [0, 0.1) is 11.7 Å². The Morgan fingerprint density at radius 3 is 2.73 bits per heavy atom. The molecule has 2 aromatic rings. The number of halogens is 3. The van der Waals surface area contributed by atoms with Gasteiger partial charge in [0.05, 0.1) is 24.9 Å². The van der Waals surface area contributed by atoms with Crippen molar-refractivity contribution in [2.45, 2.75) is 17.7 Å². The second-order valence-corrected chi connectivity index (χ2v) is 10.0. The highest BCUT2D eigenvalue weighted by Crippen LogP contribution is 2.54. The lowest BCUT2D eigenvalue weighted by Crippen LogP contribution is -2.34. The summed E-state index contributed by atoms with van der Waals surface area (Å²) in [5, 5.41) is 0.916. The number of fused-ring (bicyclic) bond motifs is 1. The highest BCUT2D eigenvalue weighted by Gasteiger charge is 2.48. The molecule has 5 rings (SSSR count). The number of hydrogen-bond acceptors (Lipinski definition) is 6. The fraction of sp³-hybridized carbons (Fsp3) is 0.348. The number of pyridine rings is 1. The number of nitrogens with two attached hydrogens (primary N) is 1. The normalized spacial score (nSPS) is 24.2. The molecule has 1 aliphatic carbocycles. The van der Waals surface area contributed by atoms with Crippen molar-refractivity contribution in [1.29, 1.82) is 0 Å². The zero-order chi connectivity index (χ0) is 23.4. The van der Waals surface area contributed by atoms with Gasteiger partial charge < -0.3 is 15.4 Å². The maximum absolute atomic E-state index is 14.4. The Kier molecular flexibility index (Phi) is 7.77. The van der Waals surface area contributed by atoms with Gasteiger partial charge in [-0.25, -0.2) is 8.78 Å². The third-order valence-corrected chi connectivity index (χ3v) is 7.18. The minimum atomic E-state index is -0.475. The smallest absolute Gasteiger partial charge is 0.209 e. The second-order valence-electron chi connectivity index (χ2n) is 7.86. The van der Waals surface area contributed by atoms with Gasteiger partial charge in [-0.05, 0) is 64.2 Å². The highest BCUT2D eigenvalue weighted by atomic mass is 79.9. The summed E-state index contributed by atoms with van der Waals surface area (Å²) >= 11 is 4.82. The van der Waals surface area contributed by atoms with Crippen LogP contribution in [0.1, 0.15) is 29.3 Å². The topological polar surface area (TPSA) is 80.8 Å². The number of hydrogen-bond donors (Lipinski definition) is 1. The minimum absolute atomic E-state index is 0.229. The third kappa shape index (κ3) is 6.18. The van der Waals surface area contributed by atoms with E-state index in [-0.39, 0.29) is 17.6 Å². The summed E-state index contributed by atoms with van der Waals surface area (Å²) in [6.07, 6.45) is 4.73. The van der Waals surface area contributed by atoms with Crippen molar-refractivity contribution in [2.75, 3.05) is 26.3 Å². The average Bonchev–Trinajstić information content (AvgIpc) is 3.60. The SMILES string of the molecule is NC1=NC(c2cc(/C=C(\F)c3ccc(Br)cn3)ccc2F)C2CC2S1.O=CN1CCOCC1. The predicted molar refractivity (Wildman–Crippen MR) is 130 cm³/mol. The molecule has 2 aliphatic heterocycles. The Morgan fingerprint density at radius 2 is 2.06 bits per heavy atom. The molecule has 0 spiro atoms. The molecule has 1 aromatic carbocycles. The first kappa shape index (κ1) is 23.8. The molecule has 10 heteroatoms. The van der Waals surface area contributed by atoms with Gasteiger partial charge in [-0.15, -0.1) is 0 Å². The Morgan fingerprint density at radius 1 is 1.27 bits per heavy atom. The first-order valence-electron chi connectivity index (χ1n) is 10.5. The molecule has 1 amide bonds. The molecule has 0 bridgehead atoms. The van der Waals surface area contributed by atoms with Gasteiger partial charge in [-0.3, -0.25) is 14.8 Å². The number of benzene rings is 1. The molecule has 3 unspecified atom stereocenters. The maximum Gasteiger partial charge on any atom is 0.209 e. The van der Waals surface area contributed by atoms with E-state index in [0.717, 1.165) is 30.4 Å². The Labute approximate surface area is 203 Å². The molecule has 3 aliphatic rings. The number of aliphatic imine (C=N–C) groups is 1. The molecule has 0 radical (unpaired) electrons. The lowest BCUT2D eigenvalue weighted by molar-refractivity contribution is -0.121. The molecule has 1 aromatic heterocycles. The molecule has 3 atom stereocenters. The van der Waals surface area contributed by atoms with Crippen LogP contribution in [0.25, 0.3) is 11.9 Å². The van der Waals surface area contributed by atoms with E-state index in [1.54, 1.807) is 40.9 Å². The molecular weight excluding hydrogens is 514 g/mol. The van der Waals surface area contributed by atoms with Crippen LogP contribution in [0.15, 0.2) is 46.0 Å². The summed E-state index contributed by atoms with van der Waals surface area (Å²) in [6, 6.07) is 7.57. The average molecular weight is 537 g/mol. The second kappa shape index (κ2) is 10.8. The van der Waals surface area contributed by atoms with Crippen LogP contribution in [0.4, 0.5) is 8.78 Å². The van der Waals surface area contributed by atoms with Crippen molar-refractivity contribution in [3.63, 3.8) is 0 Å². The molecule has 33 heavy (non-hydrogen) atoms. The number of amides is 1. The fourth-order valence-corrected chi connectivity index (χ4v) is 5.04. The fourth-order valence-electron chi connectivity index (χ4n) is 3.67. The molecule has 1 saturated carbocycles. The molecule has 2 fully saturated rings. The third-order valence-electron chi connectivity index (χ3n) is 5.52. The van der Waals surface area contributed by atoms with Gasteiger partial charge in [0.1, 0.15) is 11.6 Å². The minimum Gasteiger partial charge on any atom is -0.379 e. The molecule has 1 saturated heterocycles. The van der Waals surface area contributed by atoms with Crippen LogP contribution >= 0.6 is 27.7 Å². The van der Waals surface area contributed by atoms with Crippen molar-refractivity contribution in [1.82, 2.24) is 9.88 Å².